The molecule has 1 aromatic carbocycles. The van der Waals surface area contributed by atoms with Gasteiger partial charge in [-0.15, -0.1) is 0 Å². The first-order valence-electron chi connectivity index (χ1n) is 5.73. The Morgan fingerprint density at radius 1 is 1.19 bits per heavy atom. The monoisotopic (exact) mass is 300 g/mol. The van der Waals surface area contributed by atoms with E-state index in [0.717, 1.165) is 23.9 Å². The van der Waals surface area contributed by atoms with Gasteiger partial charge in [-0.1, -0.05) is 0 Å². The Morgan fingerprint density at radius 2 is 1.81 bits per heavy atom. The maximum absolute atomic E-state index is 5.88. The third kappa shape index (κ3) is 6.26. The molecule has 0 heterocycles. The summed E-state index contributed by atoms with van der Waals surface area (Å²) in [5.74, 6) is 0. The van der Waals surface area contributed by atoms with Crippen LogP contribution in [0, 0.1) is 0 Å². The Bertz CT molecular complexity index is 330. The minimum atomic E-state index is -1.42. The Balaban J connectivity index is 2.24. The SMILES string of the molecule is C[Si](C)(C)OC(=[Se])CCCc1ccccc1. The Morgan fingerprint density at radius 3 is 2.38 bits per heavy atom. The van der Waals surface area contributed by atoms with E-state index in [9.17, 15) is 0 Å². The fourth-order valence-corrected chi connectivity index (χ4v) is 4.14. The van der Waals surface area contributed by atoms with Crippen LogP contribution in [0.3, 0.4) is 0 Å². The summed E-state index contributed by atoms with van der Waals surface area (Å²) < 4.78 is 6.95. The number of hydrogen-bond donors (Lipinski definition) is 0. The molecular formula is C13H20OSeSi. The predicted molar refractivity (Wildman–Crippen MR) is 74.6 cm³/mol. The molecule has 0 atom stereocenters. The average molecular weight is 299 g/mol. The molecule has 0 saturated heterocycles. The zero-order valence-corrected chi connectivity index (χ0v) is 13.0. The van der Waals surface area contributed by atoms with Gasteiger partial charge in [-0.25, -0.2) is 0 Å². The van der Waals surface area contributed by atoms with Gasteiger partial charge in [0.1, 0.15) is 0 Å². The van der Waals surface area contributed by atoms with Crippen molar-refractivity contribution >= 4 is 28.5 Å². The van der Waals surface area contributed by atoms with E-state index >= 15 is 0 Å². The van der Waals surface area contributed by atoms with Crippen LogP contribution in [-0.2, 0) is 10.8 Å². The predicted octanol–water partition coefficient (Wildman–Crippen LogP) is 3.16. The standard InChI is InChI=1S/C13H20OSeSi/c1-16(2,3)14-13(15)11-7-10-12-8-5-4-6-9-12/h4-6,8-9H,7,10-11H2,1-3H3. The summed E-state index contributed by atoms with van der Waals surface area (Å²) in [5.41, 5.74) is 1.41. The molecule has 1 aromatic rings. The molecule has 16 heavy (non-hydrogen) atoms. The molecule has 0 radical (unpaired) electrons. The third-order valence-corrected chi connectivity index (χ3v) is 3.90. The van der Waals surface area contributed by atoms with Crippen LogP contribution in [0.15, 0.2) is 30.3 Å². The normalized spacial score (nSPS) is 11.2. The molecule has 0 bridgehead atoms. The summed E-state index contributed by atoms with van der Waals surface area (Å²) in [7, 11) is -1.42. The number of rotatable bonds is 6. The summed E-state index contributed by atoms with van der Waals surface area (Å²) in [6, 6.07) is 10.6. The van der Waals surface area contributed by atoms with Crippen molar-refractivity contribution in [3.8, 4) is 0 Å². The van der Waals surface area contributed by atoms with E-state index in [4.69, 9.17) is 4.43 Å². The molecule has 88 valence electrons. The van der Waals surface area contributed by atoms with Crippen molar-refractivity contribution in [3.05, 3.63) is 35.9 Å². The molecule has 0 fully saturated rings. The fourth-order valence-electron chi connectivity index (χ4n) is 1.47. The van der Waals surface area contributed by atoms with E-state index in [1.165, 1.54) is 5.56 Å². The zero-order chi connectivity index (χ0) is 12.0. The van der Waals surface area contributed by atoms with Crippen molar-refractivity contribution in [1.29, 1.82) is 0 Å². The van der Waals surface area contributed by atoms with Crippen molar-refractivity contribution in [3.63, 3.8) is 0 Å². The van der Waals surface area contributed by atoms with Crippen LogP contribution in [0.4, 0.5) is 0 Å². The molecule has 0 unspecified atom stereocenters. The van der Waals surface area contributed by atoms with Crippen molar-refractivity contribution in [2.24, 2.45) is 0 Å². The molecule has 1 nitrogen and oxygen atoms in total. The van der Waals surface area contributed by atoms with E-state index in [1.807, 2.05) is 0 Å². The van der Waals surface area contributed by atoms with E-state index in [2.05, 4.69) is 65.5 Å². The van der Waals surface area contributed by atoms with Gasteiger partial charge in [0.2, 0.25) is 0 Å². The van der Waals surface area contributed by atoms with E-state index in [0.29, 0.717) is 0 Å². The van der Waals surface area contributed by atoms with Crippen LogP contribution in [0.25, 0.3) is 0 Å². The van der Waals surface area contributed by atoms with E-state index < -0.39 is 8.32 Å². The first kappa shape index (κ1) is 13.7. The summed E-state index contributed by atoms with van der Waals surface area (Å²) in [6.07, 6.45) is 3.30. The summed E-state index contributed by atoms with van der Waals surface area (Å²) >= 11 is 3.05. The van der Waals surface area contributed by atoms with Crippen LogP contribution >= 0.6 is 0 Å². The number of benzene rings is 1. The van der Waals surface area contributed by atoms with Crippen molar-refractivity contribution in [2.45, 2.75) is 38.9 Å². The number of hydrogen-bond acceptors (Lipinski definition) is 1. The summed E-state index contributed by atoms with van der Waals surface area (Å²) in [4.78, 5) is 0. The molecule has 0 aromatic heterocycles. The quantitative estimate of drug-likeness (QED) is 0.733. The van der Waals surface area contributed by atoms with Gasteiger partial charge in [0.15, 0.2) is 0 Å². The van der Waals surface area contributed by atoms with Gasteiger partial charge in [0.05, 0.1) is 0 Å². The molecule has 0 aliphatic rings. The molecule has 0 spiro atoms. The molecule has 0 aliphatic heterocycles. The molecule has 0 aliphatic carbocycles. The van der Waals surface area contributed by atoms with Gasteiger partial charge < -0.3 is 0 Å². The first-order chi connectivity index (χ1) is 7.47. The van der Waals surface area contributed by atoms with Gasteiger partial charge in [-0.3, -0.25) is 0 Å². The molecule has 1 rings (SSSR count). The van der Waals surface area contributed by atoms with Crippen LogP contribution in [-0.4, -0.2) is 28.5 Å². The summed E-state index contributed by atoms with van der Waals surface area (Å²) in [5, 5.41) is 0. The molecule has 0 N–H and O–H groups in total. The first-order valence-corrected chi connectivity index (χ1v) is 9.99. The van der Waals surface area contributed by atoms with Gasteiger partial charge >= 0.3 is 108 Å². The zero-order valence-electron chi connectivity index (χ0n) is 10.3. The van der Waals surface area contributed by atoms with Crippen molar-refractivity contribution in [2.75, 3.05) is 0 Å². The van der Waals surface area contributed by atoms with E-state index in [1.54, 1.807) is 0 Å². The van der Waals surface area contributed by atoms with Gasteiger partial charge in [-0.05, 0) is 0 Å². The van der Waals surface area contributed by atoms with Crippen LogP contribution in [0.5, 0.6) is 0 Å². The molecule has 3 heteroatoms. The van der Waals surface area contributed by atoms with Crippen LogP contribution < -0.4 is 0 Å². The Hall–Kier alpha value is -0.374. The van der Waals surface area contributed by atoms with E-state index in [-0.39, 0.29) is 0 Å². The minimum absolute atomic E-state index is 1.03. The van der Waals surface area contributed by atoms with Crippen molar-refractivity contribution in [1.82, 2.24) is 0 Å². The Labute approximate surface area is 108 Å². The molecule has 0 amide bonds. The fraction of sp³-hybridized carbons (Fsp3) is 0.462. The molecular weight excluding hydrogens is 279 g/mol. The third-order valence-electron chi connectivity index (χ3n) is 2.11. The van der Waals surface area contributed by atoms with Gasteiger partial charge in [-0.2, -0.15) is 0 Å². The second-order valence-corrected chi connectivity index (χ2v) is 10.3. The van der Waals surface area contributed by atoms with Crippen molar-refractivity contribution < 1.29 is 4.43 Å². The summed E-state index contributed by atoms with van der Waals surface area (Å²) in [6.45, 7) is 6.63. The number of aryl methyl sites for hydroxylation is 1. The van der Waals surface area contributed by atoms with Crippen LogP contribution in [0.2, 0.25) is 19.6 Å². The maximum atomic E-state index is 5.88. The average Bonchev–Trinajstić information content (AvgIpc) is 2.16. The topological polar surface area (TPSA) is 9.23 Å². The molecule has 0 saturated carbocycles. The second kappa shape index (κ2) is 6.38. The van der Waals surface area contributed by atoms with Gasteiger partial charge in [0.25, 0.3) is 0 Å². The van der Waals surface area contributed by atoms with Gasteiger partial charge in [0, 0.05) is 0 Å². The second-order valence-electron chi connectivity index (χ2n) is 4.93. The Kier molecular flexibility index (Phi) is 5.46. The van der Waals surface area contributed by atoms with Crippen LogP contribution in [0.1, 0.15) is 18.4 Å².